The molecule has 0 bridgehead atoms. The molecule has 0 amide bonds. The van der Waals surface area contributed by atoms with Crippen LogP contribution in [0.3, 0.4) is 0 Å². The molecule has 104 valence electrons. The maximum Gasteiger partial charge on any atom is 0.0594 e. The third kappa shape index (κ3) is 2.87. The fourth-order valence-corrected chi connectivity index (χ4v) is 3.77. The van der Waals surface area contributed by atoms with Crippen LogP contribution in [0.5, 0.6) is 0 Å². The predicted molar refractivity (Wildman–Crippen MR) is 72.9 cm³/mol. The van der Waals surface area contributed by atoms with Crippen LogP contribution in [-0.4, -0.2) is 86.3 Å². The summed E-state index contributed by atoms with van der Waals surface area (Å²) in [7, 11) is 2.25. The molecule has 18 heavy (non-hydrogen) atoms. The standard InChI is InChI=1S/C14H27N3O/c1-15-5-2-14(12-15)16-6-3-13(4-7-16)17-8-10-18-11-9-17/h13-14H,2-12H2,1H3. The fraction of sp³-hybridized carbons (Fsp3) is 1.00. The molecule has 0 aromatic rings. The number of hydrogen-bond donors (Lipinski definition) is 0. The lowest BCUT2D eigenvalue weighted by Gasteiger charge is -2.41. The largest absolute Gasteiger partial charge is 0.379 e. The second-order valence-electron chi connectivity index (χ2n) is 6.12. The van der Waals surface area contributed by atoms with Crippen molar-refractivity contribution in [3.63, 3.8) is 0 Å². The summed E-state index contributed by atoms with van der Waals surface area (Å²) in [5, 5.41) is 0. The molecule has 0 radical (unpaired) electrons. The van der Waals surface area contributed by atoms with Crippen LogP contribution in [0.15, 0.2) is 0 Å². The molecule has 3 fully saturated rings. The van der Waals surface area contributed by atoms with Gasteiger partial charge in [0.2, 0.25) is 0 Å². The van der Waals surface area contributed by atoms with E-state index < -0.39 is 0 Å². The first-order valence-electron chi connectivity index (χ1n) is 7.57. The van der Waals surface area contributed by atoms with Crippen molar-refractivity contribution in [1.82, 2.24) is 14.7 Å². The van der Waals surface area contributed by atoms with Gasteiger partial charge in [-0.05, 0) is 45.9 Å². The number of hydrogen-bond acceptors (Lipinski definition) is 4. The Bertz CT molecular complexity index is 247. The SMILES string of the molecule is CN1CCC(N2CCC(N3CCOCC3)CC2)C1. The minimum atomic E-state index is 0.823. The van der Waals surface area contributed by atoms with Gasteiger partial charge >= 0.3 is 0 Å². The topological polar surface area (TPSA) is 19.0 Å². The summed E-state index contributed by atoms with van der Waals surface area (Å²) in [6.45, 7) is 9.35. The second kappa shape index (κ2) is 5.87. The lowest BCUT2D eigenvalue weighted by Crippen LogP contribution is -2.51. The second-order valence-corrected chi connectivity index (χ2v) is 6.12. The van der Waals surface area contributed by atoms with Crippen LogP contribution in [0.1, 0.15) is 19.3 Å². The Kier molecular flexibility index (Phi) is 4.19. The van der Waals surface area contributed by atoms with Gasteiger partial charge in [0.1, 0.15) is 0 Å². The maximum atomic E-state index is 5.45. The fourth-order valence-electron chi connectivity index (χ4n) is 3.77. The zero-order valence-electron chi connectivity index (χ0n) is 11.7. The Balaban J connectivity index is 1.45. The smallest absolute Gasteiger partial charge is 0.0594 e. The normalized spacial score (nSPS) is 34.2. The van der Waals surface area contributed by atoms with Crippen LogP contribution >= 0.6 is 0 Å². The summed E-state index contributed by atoms with van der Waals surface area (Å²) in [6, 6.07) is 1.66. The van der Waals surface area contributed by atoms with Crippen molar-refractivity contribution in [2.45, 2.75) is 31.3 Å². The molecule has 1 unspecified atom stereocenters. The van der Waals surface area contributed by atoms with E-state index >= 15 is 0 Å². The van der Waals surface area contributed by atoms with Crippen molar-refractivity contribution in [3.05, 3.63) is 0 Å². The summed E-state index contributed by atoms with van der Waals surface area (Å²) in [4.78, 5) is 7.86. The number of rotatable bonds is 2. The summed E-state index contributed by atoms with van der Waals surface area (Å²) < 4.78 is 5.45. The zero-order chi connectivity index (χ0) is 12.4. The molecule has 3 aliphatic rings. The first-order valence-corrected chi connectivity index (χ1v) is 7.57. The van der Waals surface area contributed by atoms with E-state index in [1.807, 2.05) is 0 Å². The van der Waals surface area contributed by atoms with E-state index in [-0.39, 0.29) is 0 Å². The van der Waals surface area contributed by atoms with Crippen molar-refractivity contribution in [2.24, 2.45) is 0 Å². The van der Waals surface area contributed by atoms with E-state index in [1.54, 1.807) is 0 Å². The highest BCUT2D eigenvalue weighted by Crippen LogP contribution is 2.22. The molecule has 3 aliphatic heterocycles. The molecular weight excluding hydrogens is 226 g/mol. The summed E-state index contributed by atoms with van der Waals surface area (Å²) in [6.07, 6.45) is 4.10. The van der Waals surface area contributed by atoms with Gasteiger partial charge in [0.15, 0.2) is 0 Å². The van der Waals surface area contributed by atoms with E-state index in [9.17, 15) is 0 Å². The molecule has 0 aromatic carbocycles. The van der Waals surface area contributed by atoms with Crippen molar-refractivity contribution >= 4 is 0 Å². The molecule has 0 spiro atoms. The number of likely N-dealkylation sites (tertiary alicyclic amines) is 2. The van der Waals surface area contributed by atoms with Crippen molar-refractivity contribution in [2.75, 3.05) is 59.5 Å². The number of piperidine rings is 1. The van der Waals surface area contributed by atoms with Gasteiger partial charge in [-0.3, -0.25) is 9.80 Å². The third-order valence-electron chi connectivity index (χ3n) is 4.94. The number of likely N-dealkylation sites (N-methyl/N-ethyl adjacent to an activating group) is 1. The Labute approximate surface area is 111 Å². The minimum Gasteiger partial charge on any atom is -0.379 e. The van der Waals surface area contributed by atoms with Gasteiger partial charge in [0.05, 0.1) is 13.2 Å². The maximum absolute atomic E-state index is 5.45. The molecule has 4 nitrogen and oxygen atoms in total. The highest BCUT2D eigenvalue weighted by Gasteiger charge is 2.31. The van der Waals surface area contributed by atoms with Gasteiger partial charge in [-0.1, -0.05) is 0 Å². The average molecular weight is 253 g/mol. The van der Waals surface area contributed by atoms with Crippen LogP contribution in [0.4, 0.5) is 0 Å². The molecule has 1 atom stereocenters. The lowest BCUT2D eigenvalue weighted by atomic mass is 10.0. The van der Waals surface area contributed by atoms with Gasteiger partial charge < -0.3 is 9.64 Å². The van der Waals surface area contributed by atoms with E-state index in [2.05, 4.69) is 21.7 Å². The Morgan fingerprint density at radius 2 is 1.39 bits per heavy atom. The van der Waals surface area contributed by atoms with Crippen molar-refractivity contribution < 1.29 is 4.74 Å². The summed E-state index contributed by atoms with van der Waals surface area (Å²) in [5.41, 5.74) is 0. The van der Waals surface area contributed by atoms with Crippen molar-refractivity contribution in [1.29, 1.82) is 0 Å². The van der Waals surface area contributed by atoms with Gasteiger partial charge in [-0.2, -0.15) is 0 Å². The van der Waals surface area contributed by atoms with Crippen molar-refractivity contribution in [3.8, 4) is 0 Å². The Morgan fingerprint density at radius 3 is 2.00 bits per heavy atom. The first kappa shape index (κ1) is 12.9. The first-order chi connectivity index (χ1) is 8.83. The van der Waals surface area contributed by atoms with Crippen LogP contribution in [0, 0.1) is 0 Å². The predicted octanol–water partition coefficient (Wildman–Crippen LogP) is 0.487. The average Bonchev–Trinajstić information content (AvgIpc) is 2.87. The molecule has 0 N–H and O–H groups in total. The van der Waals surface area contributed by atoms with E-state index in [4.69, 9.17) is 4.74 Å². The molecule has 3 heterocycles. The molecule has 4 heteroatoms. The van der Waals surface area contributed by atoms with E-state index in [0.29, 0.717) is 0 Å². The molecule has 3 rings (SSSR count). The highest BCUT2D eigenvalue weighted by atomic mass is 16.5. The van der Waals surface area contributed by atoms with Crippen LogP contribution in [0.2, 0.25) is 0 Å². The summed E-state index contributed by atoms with van der Waals surface area (Å²) >= 11 is 0. The van der Waals surface area contributed by atoms with Crippen LogP contribution < -0.4 is 0 Å². The lowest BCUT2D eigenvalue weighted by molar-refractivity contribution is -0.00275. The van der Waals surface area contributed by atoms with E-state index in [0.717, 1.165) is 38.4 Å². The van der Waals surface area contributed by atoms with Crippen LogP contribution in [0.25, 0.3) is 0 Å². The number of morpholine rings is 1. The monoisotopic (exact) mass is 253 g/mol. The Morgan fingerprint density at radius 1 is 0.778 bits per heavy atom. The number of nitrogens with zero attached hydrogens (tertiary/aromatic N) is 3. The van der Waals surface area contributed by atoms with Crippen LogP contribution in [-0.2, 0) is 4.74 Å². The van der Waals surface area contributed by atoms with Gasteiger partial charge in [-0.25, -0.2) is 0 Å². The quantitative estimate of drug-likeness (QED) is 0.713. The molecule has 0 aromatic heterocycles. The van der Waals surface area contributed by atoms with E-state index in [1.165, 1.54) is 45.4 Å². The summed E-state index contributed by atoms with van der Waals surface area (Å²) in [5.74, 6) is 0. The van der Waals surface area contributed by atoms with Gasteiger partial charge in [-0.15, -0.1) is 0 Å². The molecule has 0 aliphatic carbocycles. The molecule has 0 saturated carbocycles. The Hall–Kier alpha value is -0.160. The minimum absolute atomic E-state index is 0.823. The van der Waals surface area contributed by atoms with Gasteiger partial charge in [0, 0.05) is 31.7 Å². The molecule has 3 saturated heterocycles. The molecular formula is C14H27N3O. The highest BCUT2D eigenvalue weighted by molar-refractivity contribution is 4.87. The number of ether oxygens (including phenoxy) is 1. The zero-order valence-corrected chi connectivity index (χ0v) is 11.7. The third-order valence-corrected chi connectivity index (χ3v) is 4.94. The van der Waals surface area contributed by atoms with Gasteiger partial charge in [0.25, 0.3) is 0 Å².